The van der Waals surface area contributed by atoms with E-state index < -0.39 is 0 Å². The Morgan fingerprint density at radius 3 is 3.15 bits per heavy atom. The van der Waals surface area contributed by atoms with Crippen LogP contribution in [0, 0.1) is 0 Å². The van der Waals surface area contributed by atoms with Gasteiger partial charge in [-0.15, -0.1) is 10.2 Å². The lowest BCUT2D eigenvalue weighted by atomic mass is 10.2. The van der Waals surface area contributed by atoms with Crippen molar-refractivity contribution in [1.82, 2.24) is 14.9 Å². The molecule has 1 aromatic heterocycles. The molecule has 6 nitrogen and oxygen atoms in total. The Labute approximate surface area is 123 Å². The van der Waals surface area contributed by atoms with E-state index in [9.17, 15) is 5.11 Å². The Hall–Kier alpha value is -1.80. The fourth-order valence-corrected chi connectivity index (χ4v) is 4.44. The van der Waals surface area contributed by atoms with Gasteiger partial charge in [0.2, 0.25) is 5.16 Å². The van der Waals surface area contributed by atoms with Crippen LogP contribution in [-0.4, -0.2) is 27.1 Å². The number of methoxy groups -OCH3 is 1. The van der Waals surface area contributed by atoms with E-state index in [2.05, 4.69) is 20.6 Å². The van der Waals surface area contributed by atoms with E-state index in [-0.39, 0.29) is 11.1 Å². The first-order valence-corrected chi connectivity index (χ1v) is 7.64. The number of hydrogen-bond acceptors (Lipinski definition) is 7. The number of phenolic OH excluding ortho intramolecular Hbond substituents is 1. The zero-order valence-electron chi connectivity index (χ0n) is 10.4. The Morgan fingerprint density at radius 2 is 2.30 bits per heavy atom. The van der Waals surface area contributed by atoms with Crippen molar-refractivity contribution in [3.8, 4) is 11.5 Å². The quantitative estimate of drug-likeness (QED) is 0.913. The van der Waals surface area contributed by atoms with Crippen molar-refractivity contribution in [2.24, 2.45) is 0 Å². The highest BCUT2D eigenvalue weighted by Crippen LogP contribution is 2.51. The van der Waals surface area contributed by atoms with Crippen molar-refractivity contribution in [2.45, 2.75) is 10.5 Å². The van der Waals surface area contributed by atoms with Gasteiger partial charge in [-0.2, -0.15) is 0 Å². The maximum absolute atomic E-state index is 9.70. The van der Waals surface area contributed by atoms with E-state index in [1.54, 1.807) is 43.0 Å². The maximum atomic E-state index is 9.70. The molecule has 1 unspecified atom stereocenters. The number of phenols is 1. The number of ether oxygens (including phenoxy) is 1. The van der Waals surface area contributed by atoms with Crippen LogP contribution < -0.4 is 9.75 Å². The molecule has 0 fully saturated rings. The molecular weight excluding hydrogens is 296 g/mol. The Bertz CT molecular complexity index is 715. The summed E-state index contributed by atoms with van der Waals surface area (Å²) in [5.74, 6) is 0.626. The van der Waals surface area contributed by atoms with Crippen LogP contribution in [0.5, 0.6) is 11.5 Å². The number of fused-ring (bicyclic) bond motifs is 3. The number of aromatic hydroxyl groups is 1. The summed E-state index contributed by atoms with van der Waals surface area (Å²) in [4.78, 5) is 0. The third kappa shape index (κ3) is 1.61. The maximum Gasteiger partial charge on any atom is 0.216 e. The minimum atomic E-state index is 0.0873. The molecule has 0 amide bonds. The van der Waals surface area contributed by atoms with Gasteiger partial charge < -0.3 is 9.84 Å². The molecule has 1 N–H and O–H groups in total. The van der Waals surface area contributed by atoms with Crippen molar-refractivity contribution >= 4 is 23.5 Å². The first-order valence-electron chi connectivity index (χ1n) is 5.88. The monoisotopic (exact) mass is 306 g/mol. The molecule has 4 rings (SSSR count). The first-order chi connectivity index (χ1) is 9.78. The lowest BCUT2D eigenvalue weighted by molar-refractivity contribution is 0.373. The topological polar surface area (TPSA) is 63.4 Å². The van der Waals surface area contributed by atoms with Crippen LogP contribution in [0.4, 0.5) is 0 Å². The third-order valence-electron chi connectivity index (χ3n) is 3.16. The van der Waals surface area contributed by atoms with Gasteiger partial charge in [-0.3, -0.25) is 5.01 Å². The molecular formula is C12H10N4O2S2. The minimum absolute atomic E-state index is 0.0873. The van der Waals surface area contributed by atoms with Gasteiger partial charge >= 0.3 is 0 Å². The van der Waals surface area contributed by atoms with E-state index in [4.69, 9.17) is 4.74 Å². The van der Waals surface area contributed by atoms with E-state index >= 15 is 0 Å². The molecule has 1 atom stereocenters. The van der Waals surface area contributed by atoms with Crippen molar-refractivity contribution < 1.29 is 9.84 Å². The normalized spacial score (nSPS) is 19.8. The SMILES string of the molecule is COc1cc(C2SC=C3Sc4nncn4N32)ccc1O. The first kappa shape index (κ1) is 12.0. The van der Waals surface area contributed by atoms with Crippen LogP contribution in [0.25, 0.3) is 0 Å². The molecule has 3 heterocycles. The number of nitrogens with zero attached hydrogens (tertiary/aromatic N) is 4. The smallest absolute Gasteiger partial charge is 0.216 e. The molecule has 1 aromatic carbocycles. The molecule has 8 heteroatoms. The van der Waals surface area contributed by atoms with Crippen molar-refractivity contribution in [1.29, 1.82) is 0 Å². The summed E-state index contributed by atoms with van der Waals surface area (Å²) in [6.45, 7) is 0. The Kier molecular flexibility index (Phi) is 2.61. The fourth-order valence-electron chi connectivity index (χ4n) is 2.24. The molecule has 0 bridgehead atoms. The van der Waals surface area contributed by atoms with Crippen molar-refractivity contribution in [3.63, 3.8) is 0 Å². The minimum Gasteiger partial charge on any atom is -0.504 e. The number of thioether (sulfide) groups is 2. The molecule has 0 aliphatic carbocycles. The molecule has 20 heavy (non-hydrogen) atoms. The summed E-state index contributed by atoms with van der Waals surface area (Å²) >= 11 is 3.31. The van der Waals surface area contributed by atoms with Crippen molar-refractivity contribution in [2.75, 3.05) is 12.1 Å². The average Bonchev–Trinajstić information content (AvgIpc) is 3.10. The highest BCUT2D eigenvalue weighted by molar-refractivity contribution is 8.07. The van der Waals surface area contributed by atoms with Crippen LogP contribution in [0.15, 0.2) is 40.1 Å². The second-order valence-corrected chi connectivity index (χ2v) is 6.22. The zero-order chi connectivity index (χ0) is 13.7. The van der Waals surface area contributed by atoms with Gasteiger partial charge in [0.15, 0.2) is 11.5 Å². The van der Waals surface area contributed by atoms with Gasteiger partial charge in [-0.05, 0) is 29.5 Å². The van der Waals surface area contributed by atoms with Gasteiger partial charge in [0, 0.05) is 5.41 Å². The van der Waals surface area contributed by atoms with Crippen LogP contribution in [0.2, 0.25) is 0 Å². The predicted molar refractivity (Wildman–Crippen MR) is 77.2 cm³/mol. The largest absolute Gasteiger partial charge is 0.504 e. The molecule has 2 aliphatic rings. The van der Waals surface area contributed by atoms with E-state index in [1.165, 1.54) is 0 Å². The predicted octanol–water partition coefficient (Wildman–Crippen LogP) is 2.28. The second-order valence-electron chi connectivity index (χ2n) is 4.28. The van der Waals surface area contributed by atoms with Crippen LogP contribution >= 0.6 is 23.5 Å². The fraction of sp³-hybridized carbons (Fsp3) is 0.167. The van der Waals surface area contributed by atoms with Crippen molar-refractivity contribution in [3.05, 3.63) is 40.5 Å². The van der Waals surface area contributed by atoms with Crippen LogP contribution in [0.3, 0.4) is 0 Å². The molecule has 0 spiro atoms. The number of benzene rings is 1. The summed E-state index contributed by atoms with van der Waals surface area (Å²) in [7, 11) is 1.55. The van der Waals surface area contributed by atoms with Gasteiger partial charge in [0.05, 0.1) is 7.11 Å². The zero-order valence-corrected chi connectivity index (χ0v) is 12.1. The van der Waals surface area contributed by atoms with Gasteiger partial charge in [-0.1, -0.05) is 17.8 Å². The third-order valence-corrected chi connectivity index (χ3v) is 5.37. The van der Waals surface area contributed by atoms with E-state index in [0.717, 1.165) is 15.7 Å². The van der Waals surface area contributed by atoms with Gasteiger partial charge in [0.1, 0.15) is 16.7 Å². The number of aromatic nitrogens is 3. The second kappa shape index (κ2) is 4.35. The summed E-state index contributed by atoms with van der Waals surface area (Å²) in [6.07, 6.45) is 1.71. The summed E-state index contributed by atoms with van der Waals surface area (Å²) in [5.41, 5.74) is 1.05. The van der Waals surface area contributed by atoms with E-state index in [0.29, 0.717) is 5.75 Å². The van der Waals surface area contributed by atoms with Gasteiger partial charge in [0.25, 0.3) is 0 Å². The highest BCUT2D eigenvalue weighted by Gasteiger charge is 2.37. The molecule has 2 aromatic rings. The Morgan fingerprint density at radius 1 is 1.40 bits per heavy atom. The number of hydrogen-bond donors (Lipinski definition) is 1. The molecule has 2 aliphatic heterocycles. The van der Waals surface area contributed by atoms with Crippen LogP contribution in [-0.2, 0) is 0 Å². The summed E-state index contributed by atoms with van der Waals surface area (Å²) in [6, 6.07) is 5.42. The Balaban J connectivity index is 1.74. The average molecular weight is 306 g/mol. The lowest BCUT2D eigenvalue weighted by Gasteiger charge is -2.24. The molecule has 0 radical (unpaired) electrons. The standard InChI is InChI=1S/C12H10N4O2S2/c1-18-9-4-7(2-3-8(9)17)11-16-10(5-19-11)20-12-14-13-6-15(12)16/h2-6,11,17H,1H3. The van der Waals surface area contributed by atoms with Crippen LogP contribution in [0.1, 0.15) is 10.9 Å². The number of rotatable bonds is 2. The molecule has 102 valence electrons. The molecule has 0 saturated carbocycles. The van der Waals surface area contributed by atoms with Gasteiger partial charge in [-0.25, -0.2) is 4.68 Å². The molecule has 0 saturated heterocycles. The summed E-state index contributed by atoms with van der Waals surface area (Å²) < 4.78 is 7.12. The lowest BCUT2D eigenvalue weighted by Crippen LogP contribution is -2.28. The highest BCUT2D eigenvalue weighted by atomic mass is 32.2. The summed E-state index contributed by atoms with van der Waals surface area (Å²) in [5, 5.41) is 24.0. The van der Waals surface area contributed by atoms with E-state index in [1.807, 2.05) is 16.8 Å².